The molecule has 0 radical (unpaired) electrons. The summed E-state index contributed by atoms with van der Waals surface area (Å²) in [4.78, 5) is 32.9. The molecule has 0 aliphatic carbocycles. The van der Waals surface area contributed by atoms with E-state index in [1.807, 2.05) is 32.0 Å². The second kappa shape index (κ2) is 7.08. The van der Waals surface area contributed by atoms with Crippen LogP contribution in [0.3, 0.4) is 0 Å². The lowest BCUT2D eigenvalue weighted by Crippen LogP contribution is -2.28. The Morgan fingerprint density at radius 3 is 2.33 bits per heavy atom. The first-order valence-electron chi connectivity index (χ1n) is 7.59. The number of aromatic nitrogens is 2. The van der Waals surface area contributed by atoms with Gasteiger partial charge in [0.25, 0.3) is 0 Å². The van der Waals surface area contributed by atoms with Crippen LogP contribution in [-0.2, 0) is 9.59 Å². The molecule has 126 valence electrons. The molecule has 1 heterocycles. The van der Waals surface area contributed by atoms with E-state index in [2.05, 4.69) is 9.97 Å². The van der Waals surface area contributed by atoms with Gasteiger partial charge in [-0.2, -0.15) is 0 Å². The maximum absolute atomic E-state index is 11.4. The van der Waals surface area contributed by atoms with E-state index in [0.717, 1.165) is 10.9 Å². The second-order valence-corrected chi connectivity index (χ2v) is 5.25. The van der Waals surface area contributed by atoms with Crippen molar-refractivity contribution >= 4 is 28.7 Å². The summed E-state index contributed by atoms with van der Waals surface area (Å²) in [5.74, 6) is -2.43. The third-order valence-corrected chi connectivity index (χ3v) is 3.72. The second-order valence-electron chi connectivity index (χ2n) is 5.25. The molecular weight excluding hydrogens is 310 g/mol. The number of carbonyl (C=O) groups is 2. The Balaban J connectivity index is 2.76. The van der Waals surface area contributed by atoms with Crippen molar-refractivity contribution in [2.75, 3.05) is 11.4 Å². The fraction of sp³-hybridized carbons (Fsp3) is 0.294. The van der Waals surface area contributed by atoms with Crippen LogP contribution in [0.1, 0.15) is 25.8 Å². The third kappa shape index (κ3) is 3.19. The number of hydrogen-bond donors (Lipinski definition) is 2. The number of rotatable bonds is 6. The molecule has 7 heteroatoms. The third-order valence-electron chi connectivity index (χ3n) is 3.72. The van der Waals surface area contributed by atoms with E-state index in [0.29, 0.717) is 17.9 Å². The van der Waals surface area contributed by atoms with Crippen LogP contribution < -0.4 is 4.90 Å². The van der Waals surface area contributed by atoms with Crippen LogP contribution in [0.4, 0.5) is 5.82 Å². The smallest absolute Gasteiger partial charge is 0.344 e. The fourth-order valence-electron chi connectivity index (χ4n) is 2.68. The van der Waals surface area contributed by atoms with Crippen LogP contribution in [0.2, 0.25) is 0 Å². The Labute approximate surface area is 139 Å². The summed E-state index contributed by atoms with van der Waals surface area (Å²) in [5.41, 5.74) is 1.29. The van der Waals surface area contributed by atoms with Crippen molar-refractivity contribution < 1.29 is 19.8 Å². The Bertz CT molecular complexity index is 814. The minimum Gasteiger partial charge on any atom is -0.477 e. The van der Waals surface area contributed by atoms with Crippen LogP contribution >= 0.6 is 0 Å². The number of hydrogen-bond acceptors (Lipinski definition) is 5. The van der Waals surface area contributed by atoms with Crippen LogP contribution in [0.15, 0.2) is 35.8 Å². The average molecular weight is 329 g/mol. The minimum absolute atomic E-state index is 0.207. The summed E-state index contributed by atoms with van der Waals surface area (Å²) in [5, 5.41) is 19.3. The molecule has 0 aliphatic rings. The molecule has 7 nitrogen and oxygen atoms in total. The number of benzene rings is 1. The lowest BCUT2D eigenvalue weighted by Gasteiger charge is -2.26. The van der Waals surface area contributed by atoms with Gasteiger partial charge < -0.3 is 15.1 Å². The van der Waals surface area contributed by atoms with E-state index in [4.69, 9.17) is 0 Å². The van der Waals surface area contributed by atoms with Gasteiger partial charge >= 0.3 is 11.9 Å². The molecule has 0 atom stereocenters. The number of allylic oxidation sites excluding steroid dienone is 1. The highest BCUT2D eigenvalue weighted by molar-refractivity contribution is 6.13. The molecule has 2 aromatic rings. The highest BCUT2D eigenvalue weighted by Gasteiger charge is 2.26. The number of aliphatic carboxylic acids is 2. The Kier molecular flexibility index (Phi) is 5.13. The molecule has 1 aromatic heterocycles. The predicted octanol–water partition coefficient (Wildman–Crippen LogP) is 2.60. The van der Waals surface area contributed by atoms with Crippen molar-refractivity contribution in [1.29, 1.82) is 0 Å². The van der Waals surface area contributed by atoms with Crippen LogP contribution in [-0.4, -0.2) is 38.7 Å². The zero-order valence-electron chi connectivity index (χ0n) is 13.8. The first-order chi connectivity index (χ1) is 11.4. The SMILES string of the molecule is CCC(=C(C(=O)O)C(=O)O)N(CC)c1ncnc2ccc(C)cc12. The summed E-state index contributed by atoms with van der Waals surface area (Å²) in [6.07, 6.45) is 1.64. The first-order valence-corrected chi connectivity index (χ1v) is 7.59. The van der Waals surface area contributed by atoms with E-state index in [1.165, 1.54) is 6.33 Å². The van der Waals surface area contributed by atoms with Gasteiger partial charge in [-0.25, -0.2) is 19.6 Å². The van der Waals surface area contributed by atoms with Gasteiger partial charge in [-0.3, -0.25) is 0 Å². The number of carboxylic acid groups (broad SMARTS) is 2. The molecule has 0 spiro atoms. The minimum atomic E-state index is -1.47. The van der Waals surface area contributed by atoms with E-state index < -0.39 is 17.5 Å². The van der Waals surface area contributed by atoms with Gasteiger partial charge in [0.15, 0.2) is 5.57 Å². The molecule has 0 unspecified atom stereocenters. The maximum atomic E-state index is 11.4. The van der Waals surface area contributed by atoms with Crippen LogP contribution in [0, 0.1) is 6.92 Å². The number of nitrogens with zero attached hydrogens (tertiary/aromatic N) is 3. The summed E-state index contributed by atoms with van der Waals surface area (Å²) in [6, 6.07) is 5.68. The number of aryl methyl sites for hydroxylation is 1. The van der Waals surface area contributed by atoms with E-state index in [-0.39, 0.29) is 12.1 Å². The molecule has 24 heavy (non-hydrogen) atoms. The summed E-state index contributed by atoms with van der Waals surface area (Å²) < 4.78 is 0. The number of carboxylic acids is 2. The molecule has 2 rings (SSSR count). The summed E-state index contributed by atoms with van der Waals surface area (Å²) >= 11 is 0. The monoisotopic (exact) mass is 329 g/mol. The fourth-order valence-corrected chi connectivity index (χ4v) is 2.68. The van der Waals surface area contributed by atoms with Crippen molar-refractivity contribution in [3.63, 3.8) is 0 Å². The summed E-state index contributed by atoms with van der Waals surface area (Å²) in [7, 11) is 0. The average Bonchev–Trinajstić information content (AvgIpc) is 2.53. The molecule has 0 saturated carbocycles. The van der Waals surface area contributed by atoms with Crippen LogP contribution in [0.5, 0.6) is 0 Å². The highest BCUT2D eigenvalue weighted by atomic mass is 16.4. The predicted molar refractivity (Wildman–Crippen MR) is 89.9 cm³/mol. The lowest BCUT2D eigenvalue weighted by molar-refractivity contribution is -0.140. The quantitative estimate of drug-likeness (QED) is 0.477. The maximum Gasteiger partial charge on any atom is 0.344 e. The Morgan fingerprint density at radius 1 is 1.12 bits per heavy atom. The van der Waals surface area contributed by atoms with Gasteiger partial charge in [0.05, 0.1) is 5.52 Å². The topological polar surface area (TPSA) is 104 Å². The van der Waals surface area contributed by atoms with Crippen molar-refractivity contribution in [1.82, 2.24) is 9.97 Å². The van der Waals surface area contributed by atoms with E-state index in [1.54, 1.807) is 11.8 Å². The molecule has 1 aromatic carbocycles. The van der Waals surface area contributed by atoms with Gasteiger partial charge in [0.1, 0.15) is 12.1 Å². The summed E-state index contributed by atoms with van der Waals surface area (Å²) in [6.45, 7) is 5.86. The van der Waals surface area contributed by atoms with E-state index in [9.17, 15) is 19.8 Å². The molecule has 0 saturated heterocycles. The molecule has 2 N–H and O–H groups in total. The van der Waals surface area contributed by atoms with Crippen molar-refractivity contribution in [3.05, 3.63) is 41.4 Å². The van der Waals surface area contributed by atoms with Gasteiger partial charge in [-0.15, -0.1) is 0 Å². The van der Waals surface area contributed by atoms with Gasteiger partial charge in [0.2, 0.25) is 0 Å². The van der Waals surface area contributed by atoms with E-state index >= 15 is 0 Å². The first kappa shape index (κ1) is 17.4. The number of fused-ring (bicyclic) bond motifs is 1. The zero-order chi connectivity index (χ0) is 17.9. The van der Waals surface area contributed by atoms with Crippen molar-refractivity contribution in [3.8, 4) is 0 Å². The van der Waals surface area contributed by atoms with Crippen molar-refractivity contribution in [2.24, 2.45) is 0 Å². The highest BCUT2D eigenvalue weighted by Crippen LogP contribution is 2.29. The molecule has 0 amide bonds. The van der Waals surface area contributed by atoms with Gasteiger partial charge in [-0.1, -0.05) is 18.6 Å². The molecule has 0 aliphatic heterocycles. The zero-order valence-corrected chi connectivity index (χ0v) is 13.8. The lowest BCUT2D eigenvalue weighted by atomic mass is 10.1. The Morgan fingerprint density at radius 2 is 1.79 bits per heavy atom. The van der Waals surface area contributed by atoms with Gasteiger partial charge in [-0.05, 0) is 32.4 Å². The van der Waals surface area contributed by atoms with Crippen molar-refractivity contribution in [2.45, 2.75) is 27.2 Å². The molecular formula is C17H19N3O4. The Hall–Kier alpha value is -2.96. The molecule has 0 bridgehead atoms. The number of anilines is 1. The normalized spacial score (nSPS) is 10.5. The van der Waals surface area contributed by atoms with Gasteiger partial charge in [0, 0.05) is 17.6 Å². The standard InChI is InChI=1S/C17H19N3O4/c1-4-13(14(16(21)22)17(23)24)20(5-2)15-11-8-10(3)6-7-12(11)18-9-19-15/h6-9H,4-5H2,1-3H3,(H,21,22)(H,23,24). The molecule has 0 fully saturated rings. The largest absolute Gasteiger partial charge is 0.477 e. The van der Waals surface area contributed by atoms with Crippen LogP contribution in [0.25, 0.3) is 10.9 Å².